The van der Waals surface area contributed by atoms with Gasteiger partial charge in [-0.05, 0) is 44.4 Å². The number of hydrogen-bond acceptors (Lipinski definition) is 1. The highest BCUT2D eigenvalue weighted by Crippen LogP contribution is 2.54. The van der Waals surface area contributed by atoms with Crippen molar-refractivity contribution in [1.29, 1.82) is 0 Å². The summed E-state index contributed by atoms with van der Waals surface area (Å²) >= 11 is 0. The Labute approximate surface area is 112 Å². The Kier molecular flexibility index (Phi) is 4.88. The summed E-state index contributed by atoms with van der Waals surface area (Å²) < 4.78 is 6.29. The molecule has 106 valence electrons. The quantitative estimate of drug-likeness (QED) is 0.685. The van der Waals surface area contributed by atoms with Gasteiger partial charge in [0.05, 0.1) is 5.76 Å². The highest BCUT2D eigenvalue weighted by atomic mass is 16.5. The van der Waals surface area contributed by atoms with Gasteiger partial charge in [-0.3, -0.25) is 0 Å². The van der Waals surface area contributed by atoms with Gasteiger partial charge in [-0.15, -0.1) is 0 Å². The minimum atomic E-state index is 0. The maximum absolute atomic E-state index is 6.29. The van der Waals surface area contributed by atoms with Crippen LogP contribution in [0.4, 0.5) is 0 Å². The predicted octanol–water partition coefficient (Wildman–Crippen LogP) is 3.95. The van der Waals surface area contributed by atoms with E-state index in [1.54, 1.807) is 0 Å². The Hall–Kier alpha value is -0.500. The summed E-state index contributed by atoms with van der Waals surface area (Å²) in [5.41, 5.74) is 0.0290. The van der Waals surface area contributed by atoms with Crippen LogP contribution in [0, 0.1) is 23.7 Å². The van der Waals surface area contributed by atoms with Crippen molar-refractivity contribution in [2.45, 2.75) is 65.4 Å². The Morgan fingerprint density at radius 1 is 1.33 bits per heavy atom. The molecular weight excluding hydrogens is 224 g/mol. The van der Waals surface area contributed by atoms with Gasteiger partial charge in [-0.1, -0.05) is 33.8 Å². The fourth-order valence-corrected chi connectivity index (χ4v) is 3.82. The van der Waals surface area contributed by atoms with Gasteiger partial charge in [-0.25, -0.2) is 0 Å². The predicted molar refractivity (Wildman–Crippen MR) is 76.3 cm³/mol. The van der Waals surface area contributed by atoms with Crippen LogP contribution < -0.4 is 0 Å². The lowest BCUT2D eigenvalue weighted by molar-refractivity contribution is -0.0621. The van der Waals surface area contributed by atoms with Crippen LogP contribution in [-0.2, 0) is 4.74 Å². The van der Waals surface area contributed by atoms with Crippen molar-refractivity contribution >= 4 is 0 Å². The fraction of sp³-hybridized carbons (Fsp3) is 0.875. The fourth-order valence-electron chi connectivity index (χ4n) is 3.82. The lowest BCUT2D eigenvalue weighted by atomic mass is 9.75. The standard InChI is InChI=1S/C16H28O.H2O/c1-6-16(5,17-12(4)11(2)3)15-10-13-7-8-14(15)9-13;/h11,13-15H,4,6-10H2,1-3,5H3;1H2. The maximum atomic E-state index is 6.29. The first-order chi connectivity index (χ1) is 7.96. The van der Waals surface area contributed by atoms with Crippen LogP contribution in [0.3, 0.4) is 0 Å². The number of hydrogen-bond donors (Lipinski definition) is 0. The van der Waals surface area contributed by atoms with Gasteiger partial charge in [-0.2, -0.15) is 0 Å². The van der Waals surface area contributed by atoms with Gasteiger partial charge in [0.25, 0.3) is 0 Å². The molecule has 0 amide bonds. The summed E-state index contributed by atoms with van der Waals surface area (Å²) in [6.45, 7) is 13.0. The molecule has 0 aromatic heterocycles. The van der Waals surface area contributed by atoms with Gasteiger partial charge >= 0.3 is 0 Å². The molecule has 2 aliphatic carbocycles. The maximum Gasteiger partial charge on any atom is 0.109 e. The number of rotatable bonds is 5. The summed E-state index contributed by atoms with van der Waals surface area (Å²) in [5, 5.41) is 0. The zero-order valence-electron chi connectivity index (χ0n) is 12.5. The van der Waals surface area contributed by atoms with Crippen LogP contribution in [0.5, 0.6) is 0 Å². The minimum Gasteiger partial charge on any atom is -0.492 e. The Bertz CT molecular complexity index is 297. The molecule has 2 nitrogen and oxygen atoms in total. The summed E-state index contributed by atoms with van der Waals surface area (Å²) in [6.07, 6.45) is 6.85. The molecule has 2 heteroatoms. The van der Waals surface area contributed by atoms with E-state index in [2.05, 4.69) is 34.3 Å². The molecular formula is C16H30O2. The first-order valence-corrected chi connectivity index (χ1v) is 7.34. The Balaban J connectivity index is 0.00000162. The van der Waals surface area contributed by atoms with Crippen LogP contribution >= 0.6 is 0 Å². The molecule has 4 unspecified atom stereocenters. The second-order valence-corrected chi connectivity index (χ2v) is 6.67. The van der Waals surface area contributed by atoms with Gasteiger partial charge in [0, 0.05) is 11.8 Å². The largest absolute Gasteiger partial charge is 0.492 e. The normalized spacial score (nSPS) is 33.1. The Morgan fingerprint density at radius 3 is 2.39 bits per heavy atom. The molecule has 2 fully saturated rings. The highest BCUT2D eigenvalue weighted by Gasteiger charge is 2.49. The van der Waals surface area contributed by atoms with Crippen molar-refractivity contribution in [3.05, 3.63) is 12.3 Å². The zero-order chi connectivity index (χ0) is 12.6. The summed E-state index contributed by atoms with van der Waals surface area (Å²) in [4.78, 5) is 0. The zero-order valence-corrected chi connectivity index (χ0v) is 12.5. The van der Waals surface area contributed by atoms with E-state index in [9.17, 15) is 0 Å². The molecule has 2 rings (SSSR count). The average molecular weight is 254 g/mol. The van der Waals surface area contributed by atoms with Crippen LogP contribution in [0.1, 0.15) is 59.8 Å². The molecule has 0 saturated heterocycles. The molecule has 0 aromatic carbocycles. The van der Waals surface area contributed by atoms with Crippen molar-refractivity contribution in [2.75, 3.05) is 0 Å². The summed E-state index contributed by atoms with van der Waals surface area (Å²) in [6, 6.07) is 0. The number of ether oxygens (including phenoxy) is 1. The summed E-state index contributed by atoms with van der Waals surface area (Å²) in [5.74, 6) is 4.08. The van der Waals surface area contributed by atoms with E-state index in [1.165, 1.54) is 25.7 Å². The van der Waals surface area contributed by atoms with E-state index in [1.807, 2.05) is 0 Å². The summed E-state index contributed by atoms with van der Waals surface area (Å²) in [7, 11) is 0. The molecule has 2 N–H and O–H groups in total. The minimum absolute atomic E-state index is 0. The molecule has 0 aliphatic heterocycles. The molecule has 4 atom stereocenters. The molecule has 18 heavy (non-hydrogen) atoms. The van der Waals surface area contributed by atoms with Crippen LogP contribution in [0.2, 0.25) is 0 Å². The van der Waals surface area contributed by atoms with Gasteiger partial charge in [0.15, 0.2) is 0 Å². The Morgan fingerprint density at radius 2 is 2.00 bits per heavy atom. The molecule has 2 aliphatic rings. The lowest BCUT2D eigenvalue weighted by Gasteiger charge is -2.41. The molecule has 0 heterocycles. The van der Waals surface area contributed by atoms with Crippen LogP contribution in [0.15, 0.2) is 12.3 Å². The monoisotopic (exact) mass is 254 g/mol. The first-order valence-electron chi connectivity index (χ1n) is 7.34. The SMILES string of the molecule is C=C(OC(C)(CC)C1CC2CCC1C2)C(C)C.O. The van der Waals surface area contributed by atoms with E-state index in [0.29, 0.717) is 5.92 Å². The van der Waals surface area contributed by atoms with E-state index < -0.39 is 0 Å². The third-order valence-electron chi connectivity index (χ3n) is 5.23. The third kappa shape index (κ3) is 2.74. The van der Waals surface area contributed by atoms with Crippen molar-refractivity contribution in [1.82, 2.24) is 0 Å². The van der Waals surface area contributed by atoms with Crippen molar-refractivity contribution in [3.63, 3.8) is 0 Å². The molecule has 0 radical (unpaired) electrons. The van der Waals surface area contributed by atoms with Crippen LogP contribution in [-0.4, -0.2) is 11.1 Å². The second-order valence-electron chi connectivity index (χ2n) is 6.67. The van der Waals surface area contributed by atoms with Gasteiger partial charge < -0.3 is 10.2 Å². The molecule has 2 bridgehead atoms. The molecule has 2 saturated carbocycles. The highest BCUT2D eigenvalue weighted by molar-refractivity contribution is 5.01. The number of allylic oxidation sites excluding steroid dienone is 1. The van der Waals surface area contributed by atoms with E-state index in [0.717, 1.165) is 29.9 Å². The smallest absolute Gasteiger partial charge is 0.109 e. The van der Waals surface area contributed by atoms with Gasteiger partial charge in [0.1, 0.15) is 5.60 Å². The first kappa shape index (κ1) is 15.6. The topological polar surface area (TPSA) is 40.7 Å². The molecule has 0 spiro atoms. The lowest BCUT2D eigenvalue weighted by Crippen LogP contribution is -2.40. The van der Waals surface area contributed by atoms with Crippen molar-refractivity contribution in [3.8, 4) is 0 Å². The number of fused-ring (bicyclic) bond motifs is 2. The van der Waals surface area contributed by atoms with Crippen LogP contribution in [0.25, 0.3) is 0 Å². The van der Waals surface area contributed by atoms with E-state index in [-0.39, 0.29) is 11.1 Å². The van der Waals surface area contributed by atoms with Gasteiger partial charge in [0.2, 0.25) is 0 Å². The van der Waals surface area contributed by atoms with Crippen molar-refractivity contribution in [2.24, 2.45) is 23.7 Å². The van der Waals surface area contributed by atoms with Crippen molar-refractivity contribution < 1.29 is 10.2 Å². The molecule has 0 aromatic rings. The van der Waals surface area contributed by atoms with E-state index >= 15 is 0 Å². The second kappa shape index (κ2) is 5.64. The van der Waals surface area contributed by atoms with E-state index in [4.69, 9.17) is 4.74 Å². The third-order valence-corrected chi connectivity index (χ3v) is 5.23. The average Bonchev–Trinajstić information content (AvgIpc) is 2.90.